The van der Waals surface area contributed by atoms with Crippen LogP contribution in [0.5, 0.6) is 5.75 Å². The maximum Gasteiger partial charge on any atom is 0.460 e. The maximum atomic E-state index is 14.2. The van der Waals surface area contributed by atoms with Gasteiger partial charge in [-0.2, -0.15) is 74.6 Å². The molecule has 1 atom stereocenters. The molecule has 0 aliphatic heterocycles. The Bertz CT molecular complexity index is 985. The van der Waals surface area contributed by atoms with Gasteiger partial charge in [0.15, 0.2) is 0 Å². The molecule has 0 heterocycles. The van der Waals surface area contributed by atoms with Gasteiger partial charge in [0.2, 0.25) is 0 Å². The van der Waals surface area contributed by atoms with Crippen molar-refractivity contribution in [1.82, 2.24) is 0 Å². The third-order valence-electron chi connectivity index (χ3n) is 5.09. The fraction of sp³-hybridized carbons (Fsp3) is 0.700. The number of hydrogen-bond donors (Lipinski definition) is 1. The Balaban J connectivity index is 3.52. The molecule has 0 spiro atoms. The fourth-order valence-corrected chi connectivity index (χ4v) is 2.82. The van der Waals surface area contributed by atoms with Gasteiger partial charge in [-0.1, -0.05) is 32.0 Å². The predicted molar refractivity (Wildman–Crippen MR) is 97.0 cm³/mol. The quantitative estimate of drug-likeness (QED) is 0.242. The van der Waals surface area contributed by atoms with Gasteiger partial charge in [-0.15, -0.1) is 0 Å². The second-order valence-electron chi connectivity index (χ2n) is 8.61. The Hall–Kier alpha value is -2.21. The Kier molecular flexibility index (Phi) is 9.21. The van der Waals surface area contributed by atoms with Crippen LogP contribution in [-0.2, 0) is 0 Å². The summed E-state index contributed by atoms with van der Waals surface area (Å²) in [5, 5.41) is 9.90. The monoisotopic (exact) mass is 612 g/mol. The van der Waals surface area contributed by atoms with E-state index in [0.717, 1.165) is 18.2 Å². The third kappa shape index (κ3) is 5.55. The van der Waals surface area contributed by atoms with E-state index in [9.17, 15) is 79.7 Å². The Morgan fingerprint density at radius 2 is 1.00 bits per heavy atom. The molecule has 0 aromatic heterocycles. The molecule has 1 rings (SSSR count). The molecule has 0 bridgehead atoms. The molecule has 0 aliphatic rings. The number of benzene rings is 1. The molecule has 0 aliphatic carbocycles. The van der Waals surface area contributed by atoms with E-state index in [4.69, 9.17) is 4.74 Å². The number of hydrogen-bond acceptors (Lipinski definition) is 2. The second-order valence-corrected chi connectivity index (χ2v) is 8.61. The summed E-state index contributed by atoms with van der Waals surface area (Å²) in [7, 11) is 0. The van der Waals surface area contributed by atoms with Crippen molar-refractivity contribution in [2.75, 3.05) is 6.61 Å². The fourth-order valence-electron chi connectivity index (χ4n) is 2.82. The number of halogens is 17. The molecule has 0 radical (unpaired) electrons. The van der Waals surface area contributed by atoms with Crippen molar-refractivity contribution in [2.24, 2.45) is 5.92 Å². The highest BCUT2D eigenvalue weighted by Gasteiger charge is 2.95. The van der Waals surface area contributed by atoms with Crippen molar-refractivity contribution in [3.8, 4) is 5.75 Å². The van der Waals surface area contributed by atoms with E-state index < -0.39 is 71.5 Å². The topological polar surface area (TPSA) is 29.5 Å². The van der Waals surface area contributed by atoms with Gasteiger partial charge < -0.3 is 9.84 Å². The minimum absolute atomic E-state index is 0.202. The summed E-state index contributed by atoms with van der Waals surface area (Å²) in [6.07, 6.45) is -13.8. The average molecular weight is 612 g/mol. The number of ether oxygens (including phenoxy) is 1. The van der Waals surface area contributed by atoms with Crippen LogP contribution in [0.4, 0.5) is 74.6 Å². The van der Waals surface area contributed by atoms with Gasteiger partial charge in [-0.25, -0.2) is 0 Å². The van der Waals surface area contributed by atoms with Crippen molar-refractivity contribution in [3.63, 3.8) is 0 Å². The normalized spacial score (nSPS) is 16.0. The van der Waals surface area contributed by atoms with Crippen LogP contribution in [0.2, 0.25) is 0 Å². The van der Waals surface area contributed by atoms with Gasteiger partial charge in [0.25, 0.3) is 0 Å². The summed E-state index contributed by atoms with van der Waals surface area (Å²) in [6.45, 7) is 2.91. The zero-order valence-corrected chi connectivity index (χ0v) is 19.2. The molecule has 2 nitrogen and oxygen atoms in total. The van der Waals surface area contributed by atoms with Gasteiger partial charge in [0, 0.05) is 12.0 Å². The smallest absolute Gasteiger partial charge is 0.460 e. The maximum absolute atomic E-state index is 14.2. The van der Waals surface area contributed by atoms with E-state index in [1.165, 1.54) is 0 Å². The number of aliphatic hydroxyl groups is 1. The molecule has 228 valence electrons. The summed E-state index contributed by atoms with van der Waals surface area (Å²) in [6, 6.07) is 3.76. The first-order valence-corrected chi connectivity index (χ1v) is 10.2. The van der Waals surface area contributed by atoms with Crippen LogP contribution in [0, 0.1) is 5.92 Å². The zero-order chi connectivity index (χ0) is 31.3. The van der Waals surface area contributed by atoms with Crippen LogP contribution in [0.15, 0.2) is 24.3 Å². The molecule has 39 heavy (non-hydrogen) atoms. The minimum atomic E-state index is -8.70. The molecule has 0 fully saturated rings. The van der Waals surface area contributed by atoms with Crippen molar-refractivity contribution in [1.29, 1.82) is 0 Å². The van der Waals surface area contributed by atoms with Crippen LogP contribution in [0.1, 0.15) is 31.9 Å². The number of aliphatic hydroxyl groups excluding tert-OH is 1. The standard InChI is InChI=1S/C20H17F17O2/c1-9(2)8-39-12-6-4-3-5-10(12)11(38)7-13(21,22)14(23,24)15(25,26)16(27,28)17(29,30)18(31,32)19(33,34)20(35,36)37/h3-6,9,11,38H,7-8H2,1-2H3. The van der Waals surface area contributed by atoms with Gasteiger partial charge in [0.1, 0.15) is 5.75 Å². The molecule has 0 amide bonds. The molecular weight excluding hydrogens is 595 g/mol. The van der Waals surface area contributed by atoms with E-state index in [2.05, 4.69) is 0 Å². The summed E-state index contributed by atoms with van der Waals surface area (Å²) in [5.74, 6) is -57.9. The lowest BCUT2D eigenvalue weighted by molar-refractivity contribution is -0.462. The zero-order valence-electron chi connectivity index (χ0n) is 19.2. The largest absolute Gasteiger partial charge is 0.493 e. The average Bonchev–Trinajstić information content (AvgIpc) is 2.75. The van der Waals surface area contributed by atoms with Crippen LogP contribution in [0.25, 0.3) is 0 Å². The van der Waals surface area contributed by atoms with E-state index in [0.29, 0.717) is 6.07 Å². The van der Waals surface area contributed by atoms with Crippen LogP contribution in [-0.4, -0.2) is 59.3 Å². The molecule has 1 unspecified atom stereocenters. The number of alkyl halides is 17. The van der Waals surface area contributed by atoms with Crippen molar-refractivity contribution in [2.45, 2.75) is 74.0 Å². The molecule has 0 saturated carbocycles. The first-order valence-electron chi connectivity index (χ1n) is 10.2. The SMILES string of the molecule is CC(C)COc1ccccc1C(O)CC(F)(F)C(F)(F)C(F)(F)C(F)(F)C(F)(F)C(F)(F)C(F)(F)C(F)(F)F. The van der Waals surface area contributed by atoms with Crippen molar-refractivity contribution in [3.05, 3.63) is 29.8 Å². The van der Waals surface area contributed by atoms with E-state index in [1.54, 1.807) is 13.8 Å². The number of para-hydroxylation sites is 1. The highest BCUT2D eigenvalue weighted by molar-refractivity contribution is 5.35. The van der Waals surface area contributed by atoms with Crippen LogP contribution in [0.3, 0.4) is 0 Å². The first-order chi connectivity index (χ1) is 17.0. The third-order valence-corrected chi connectivity index (χ3v) is 5.09. The lowest BCUT2D eigenvalue weighted by Crippen LogP contribution is -2.74. The Morgan fingerprint density at radius 3 is 1.41 bits per heavy atom. The number of rotatable bonds is 12. The lowest BCUT2D eigenvalue weighted by atomic mass is 9.87. The second kappa shape index (κ2) is 10.3. The summed E-state index contributed by atoms with van der Waals surface area (Å²) in [4.78, 5) is 0. The lowest BCUT2D eigenvalue weighted by Gasteiger charge is -2.43. The van der Waals surface area contributed by atoms with Crippen LogP contribution < -0.4 is 4.74 Å². The summed E-state index contributed by atoms with van der Waals surface area (Å²) in [5.41, 5.74) is -0.842. The predicted octanol–water partition coefficient (Wildman–Crippen LogP) is 8.15. The molecule has 1 aromatic carbocycles. The van der Waals surface area contributed by atoms with E-state index in [1.807, 2.05) is 0 Å². The highest BCUT2D eigenvalue weighted by Crippen LogP contribution is 2.64. The van der Waals surface area contributed by atoms with E-state index >= 15 is 0 Å². The Morgan fingerprint density at radius 1 is 0.615 bits per heavy atom. The summed E-state index contributed by atoms with van der Waals surface area (Å²) < 4.78 is 232. The molecular formula is C20H17F17O2. The Labute approximate surface area is 207 Å². The molecule has 19 heteroatoms. The summed E-state index contributed by atoms with van der Waals surface area (Å²) >= 11 is 0. The van der Waals surface area contributed by atoms with Crippen LogP contribution >= 0.6 is 0 Å². The van der Waals surface area contributed by atoms with E-state index in [-0.39, 0.29) is 12.5 Å². The highest BCUT2D eigenvalue weighted by atomic mass is 19.4. The van der Waals surface area contributed by atoms with Gasteiger partial charge in [-0.05, 0) is 12.0 Å². The minimum Gasteiger partial charge on any atom is -0.493 e. The van der Waals surface area contributed by atoms with Crippen molar-refractivity contribution >= 4 is 0 Å². The van der Waals surface area contributed by atoms with Gasteiger partial charge in [0.05, 0.1) is 12.7 Å². The van der Waals surface area contributed by atoms with Gasteiger partial charge in [-0.3, -0.25) is 0 Å². The van der Waals surface area contributed by atoms with Crippen molar-refractivity contribution < 1.29 is 84.5 Å². The van der Waals surface area contributed by atoms with Gasteiger partial charge >= 0.3 is 47.6 Å². The molecule has 0 saturated heterocycles. The first kappa shape index (κ1) is 34.8. The molecule has 1 aromatic rings. The molecule has 1 N–H and O–H groups in total.